The quantitative estimate of drug-likeness (QED) is 0.857. The standard InChI is InChI=1S/C9H14BrN3O2S/c1-7(6-11-2)16(14,15)13-9-8(10)4-3-5-12-9/h3-5,7,11H,6H2,1-2H3,(H,12,13). The van der Waals surface area contributed by atoms with Crippen LogP contribution in [-0.4, -0.2) is 32.2 Å². The molecule has 1 unspecified atom stereocenters. The van der Waals surface area contributed by atoms with Crippen LogP contribution >= 0.6 is 15.9 Å². The van der Waals surface area contributed by atoms with Crippen molar-refractivity contribution in [3.8, 4) is 0 Å². The van der Waals surface area contributed by atoms with Gasteiger partial charge in [0.25, 0.3) is 0 Å². The fourth-order valence-corrected chi connectivity index (χ4v) is 2.60. The first kappa shape index (κ1) is 13.4. The van der Waals surface area contributed by atoms with E-state index in [-0.39, 0.29) is 0 Å². The summed E-state index contributed by atoms with van der Waals surface area (Å²) in [5.74, 6) is 0.311. The van der Waals surface area contributed by atoms with Crippen molar-refractivity contribution in [1.82, 2.24) is 10.3 Å². The number of hydrogen-bond donors (Lipinski definition) is 2. The van der Waals surface area contributed by atoms with Gasteiger partial charge in [0.05, 0.1) is 9.72 Å². The highest BCUT2D eigenvalue weighted by Crippen LogP contribution is 2.20. The van der Waals surface area contributed by atoms with Crippen molar-refractivity contribution in [2.45, 2.75) is 12.2 Å². The molecule has 0 radical (unpaired) electrons. The third-order valence-electron chi connectivity index (χ3n) is 2.02. The van der Waals surface area contributed by atoms with Crippen LogP contribution in [0.15, 0.2) is 22.8 Å². The molecule has 0 bridgehead atoms. The van der Waals surface area contributed by atoms with Crippen LogP contribution in [0.2, 0.25) is 0 Å². The Labute approximate surface area is 104 Å². The van der Waals surface area contributed by atoms with Gasteiger partial charge in [-0.05, 0) is 42.0 Å². The molecule has 16 heavy (non-hydrogen) atoms. The molecule has 0 aliphatic rings. The molecule has 1 aromatic rings. The van der Waals surface area contributed by atoms with E-state index in [0.717, 1.165) is 0 Å². The second-order valence-corrected chi connectivity index (χ2v) is 6.30. The largest absolute Gasteiger partial charge is 0.318 e. The summed E-state index contributed by atoms with van der Waals surface area (Å²) in [6.07, 6.45) is 1.53. The van der Waals surface area contributed by atoms with Crippen molar-refractivity contribution < 1.29 is 8.42 Å². The minimum Gasteiger partial charge on any atom is -0.318 e. The smallest absolute Gasteiger partial charge is 0.237 e. The van der Waals surface area contributed by atoms with Crippen molar-refractivity contribution in [2.75, 3.05) is 18.3 Å². The van der Waals surface area contributed by atoms with E-state index >= 15 is 0 Å². The van der Waals surface area contributed by atoms with Crippen LogP contribution in [0.25, 0.3) is 0 Å². The van der Waals surface area contributed by atoms with Gasteiger partial charge in [0.1, 0.15) is 0 Å². The first-order chi connectivity index (χ1) is 7.47. The zero-order valence-electron chi connectivity index (χ0n) is 9.07. The molecule has 0 fully saturated rings. The van der Waals surface area contributed by atoms with E-state index in [4.69, 9.17) is 0 Å². The molecular formula is C9H14BrN3O2S. The predicted octanol–water partition coefficient (Wildman–Crippen LogP) is 1.19. The molecule has 0 saturated carbocycles. The van der Waals surface area contributed by atoms with Gasteiger partial charge >= 0.3 is 0 Å². The SMILES string of the molecule is CNCC(C)S(=O)(=O)Nc1ncccc1Br. The molecule has 1 atom stereocenters. The van der Waals surface area contributed by atoms with Crippen molar-refractivity contribution in [3.05, 3.63) is 22.8 Å². The van der Waals surface area contributed by atoms with Crippen LogP contribution in [0.1, 0.15) is 6.92 Å². The highest BCUT2D eigenvalue weighted by atomic mass is 79.9. The van der Waals surface area contributed by atoms with Gasteiger partial charge in [0, 0.05) is 12.7 Å². The van der Waals surface area contributed by atoms with Gasteiger partial charge in [0.2, 0.25) is 10.0 Å². The van der Waals surface area contributed by atoms with Gasteiger partial charge in [-0.15, -0.1) is 0 Å². The molecule has 7 heteroatoms. The molecular weight excluding hydrogens is 294 g/mol. The van der Waals surface area contributed by atoms with Crippen molar-refractivity contribution in [2.24, 2.45) is 0 Å². The van der Waals surface area contributed by atoms with E-state index in [2.05, 4.69) is 31.0 Å². The van der Waals surface area contributed by atoms with Gasteiger partial charge in [-0.25, -0.2) is 13.4 Å². The average Bonchev–Trinajstić information content (AvgIpc) is 2.21. The van der Waals surface area contributed by atoms with Gasteiger partial charge in [-0.3, -0.25) is 4.72 Å². The van der Waals surface area contributed by atoms with Crippen LogP contribution in [0.4, 0.5) is 5.82 Å². The Bertz CT molecular complexity index is 450. The summed E-state index contributed by atoms with van der Waals surface area (Å²) in [4.78, 5) is 3.95. The monoisotopic (exact) mass is 307 g/mol. The topological polar surface area (TPSA) is 71.1 Å². The Morgan fingerprint density at radius 2 is 2.25 bits per heavy atom. The molecule has 1 rings (SSSR count). The second-order valence-electron chi connectivity index (χ2n) is 3.35. The van der Waals surface area contributed by atoms with E-state index in [1.54, 1.807) is 26.1 Å². The Morgan fingerprint density at radius 3 is 2.81 bits per heavy atom. The molecule has 90 valence electrons. The molecule has 0 amide bonds. The Balaban J connectivity index is 2.85. The lowest BCUT2D eigenvalue weighted by Gasteiger charge is -2.14. The maximum absolute atomic E-state index is 11.8. The molecule has 0 aliphatic heterocycles. The van der Waals surface area contributed by atoms with Gasteiger partial charge in [0.15, 0.2) is 5.82 Å². The fraction of sp³-hybridized carbons (Fsp3) is 0.444. The normalized spacial score (nSPS) is 13.4. The maximum atomic E-state index is 11.8. The molecule has 5 nitrogen and oxygen atoms in total. The number of anilines is 1. The highest BCUT2D eigenvalue weighted by molar-refractivity contribution is 9.10. The molecule has 1 heterocycles. The van der Waals surface area contributed by atoms with Crippen molar-refractivity contribution >= 4 is 31.8 Å². The predicted molar refractivity (Wildman–Crippen MR) is 67.9 cm³/mol. The third-order valence-corrected chi connectivity index (χ3v) is 4.36. The van der Waals surface area contributed by atoms with Crippen molar-refractivity contribution in [1.29, 1.82) is 0 Å². The van der Waals surface area contributed by atoms with E-state index in [9.17, 15) is 8.42 Å². The molecule has 0 spiro atoms. The average molecular weight is 308 g/mol. The van der Waals surface area contributed by atoms with Gasteiger partial charge in [-0.2, -0.15) is 0 Å². The maximum Gasteiger partial charge on any atom is 0.237 e. The molecule has 0 aliphatic carbocycles. The zero-order valence-corrected chi connectivity index (χ0v) is 11.5. The van der Waals surface area contributed by atoms with E-state index in [1.807, 2.05) is 0 Å². The van der Waals surface area contributed by atoms with E-state index < -0.39 is 15.3 Å². The molecule has 0 aromatic carbocycles. The fourth-order valence-electron chi connectivity index (χ4n) is 1.09. The third kappa shape index (κ3) is 3.43. The van der Waals surface area contributed by atoms with Crippen LogP contribution in [0.3, 0.4) is 0 Å². The van der Waals surface area contributed by atoms with Crippen LogP contribution in [0, 0.1) is 0 Å². The summed E-state index contributed by atoms with van der Waals surface area (Å²) in [6.45, 7) is 2.02. The van der Waals surface area contributed by atoms with Crippen LogP contribution in [-0.2, 0) is 10.0 Å². The number of nitrogens with zero attached hydrogens (tertiary/aromatic N) is 1. The Morgan fingerprint density at radius 1 is 1.56 bits per heavy atom. The highest BCUT2D eigenvalue weighted by Gasteiger charge is 2.21. The van der Waals surface area contributed by atoms with Gasteiger partial charge < -0.3 is 5.32 Å². The number of aromatic nitrogens is 1. The lowest BCUT2D eigenvalue weighted by Crippen LogP contribution is -2.33. The number of hydrogen-bond acceptors (Lipinski definition) is 4. The van der Waals surface area contributed by atoms with Crippen molar-refractivity contribution in [3.63, 3.8) is 0 Å². The Hall–Kier alpha value is -0.660. The lowest BCUT2D eigenvalue weighted by atomic mass is 10.5. The summed E-state index contributed by atoms with van der Waals surface area (Å²) >= 11 is 3.23. The summed E-state index contributed by atoms with van der Waals surface area (Å²) in [7, 11) is -1.69. The first-order valence-electron chi connectivity index (χ1n) is 4.74. The number of halogens is 1. The van der Waals surface area contributed by atoms with E-state index in [0.29, 0.717) is 16.8 Å². The van der Waals surface area contributed by atoms with Crippen LogP contribution in [0.5, 0.6) is 0 Å². The lowest BCUT2D eigenvalue weighted by molar-refractivity contribution is 0.583. The number of sulfonamides is 1. The second kappa shape index (κ2) is 5.60. The summed E-state index contributed by atoms with van der Waals surface area (Å²) in [5, 5.41) is 2.30. The minimum atomic E-state index is -3.40. The number of rotatable bonds is 5. The summed E-state index contributed by atoms with van der Waals surface area (Å²) in [6, 6.07) is 3.45. The summed E-state index contributed by atoms with van der Waals surface area (Å²) < 4.78 is 26.7. The number of nitrogens with one attached hydrogen (secondary N) is 2. The Kier molecular flexibility index (Phi) is 4.69. The summed E-state index contributed by atoms with van der Waals surface area (Å²) in [5.41, 5.74) is 0. The first-order valence-corrected chi connectivity index (χ1v) is 7.08. The van der Waals surface area contributed by atoms with Gasteiger partial charge in [-0.1, -0.05) is 0 Å². The molecule has 2 N–H and O–H groups in total. The zero-order chi connectivity index (χ0) is 12.2. The molecule has 0 saturated heterocycles. The minimum absolute atomic E-state index is 0.311. The van der Waals surface area contributed by atoms with Crippen LogP contribution < -0.4 is 10.0 Å². The molecule has 1 aromatic heterocycles. The number of pyridine rings is 1. The van der Waals surface area contributed by atoms with E-state index in [1.165, 1.54) is 6.20 Å².